The Morgan fingerprint density at radius 3 is 3.00 bits per heavy atom. The third-order valence-electron chi connectivity index (χ3n) is 3.32. The van der Waals surface area contributed by atoms with Crippen molar-refractivity contribution >= 4 is 17.3 Å². The average molecular weight is 296 g/mol. The number of nitrogens with one attached hydrogen (secondary N) is 2. The number of hydrogen-bond acceptors (Lipinski definition) is 4. The molecule has 2 rings (SSSR count). The molecule has 0 spiro atoms. The van der Waals surface area contributed by atoms with E-state index in [0.29, 0.717) is 6.54 Å². The zero-order valence-corrected chi connectivity index (χ0v) is 13.3. The lowest BCUT2D eigenvalue weighted by Crippen LogP contribution is -2.45. The predicted octanol–water partition coefficient (Wildman–Crippen LogP) is 2.08. The fourth-order valence-corrected chi connectivity index (χ4v) is 2.92. The van der Waals surface area contributed by atoms with E-state index < -0.39 is 0 Å². The largest absolute Gasteiger partial charge is 0.373 e. The summed E-state index contributed by atoms with van der Waals surface area (Å²) in [6, 6.07) is 0. The molecule has 0 amide bonds. The molecule has 0 bridgehead atoms. The van der Waals surface area contributed by atoms with Gasteiger partial charge in [-0.3, -0.25) is 0 Å². The molecule has 0 saturated carbocycles. The van der Waals surface area contributed by atoms with Crippen molar-refractivity contribution in [2.24, 2.45) is 4.99 Å². The number of hydrogen-bond donors (Lipinski definition) is 2. The zero-order valence-electron chi connectivity index (χ0n) is 12.5. The Kier molecular flexibility index (Phi) is 5.37. The molecule has 0 aromatic carbocycles. The summed E-state index contributed by atoms with van der Waals surface area (Å²) in [7, 11) is 0. The second-order valence-electron chi connectivity index (χ2n) is 5.32. The lowest BCUT2D eigenvalue weighted by atomic mass is 10.0. The highest BCUT2D eigenvalue weighted by molar-refractivity contribution is 7.11. The SMILES string of the molecule is CCNC(=NCc1ncc(C)s1)NCC1(C)CCCO1. The van der Waals surface area contributed by atoms with Gasteiger partial charge in [0.25, 0.3) is 0 Å². The van der Waals surface area contributed by atoms with Crippen LogP contribution in [-0.4, -0.2) is 36.2 Å². The Labute approximate surface area is 124 Å². The quantitative estimate of drug-likeness (QED) is 0.645. The monoisotopic (exact) mass is 296 g/mol. The van der Waals surface area contributed by atoms with Crippen LogP contribution >= 0.6 is 11.3 Å². The van der Waals surface area contributed by atoms with Gasteiger partial charge in [-0.25, -0.2) is 9.98 Å². The van der Waals surface area contributed by atoms with Crippen molar-refractivity contribution < 1.29 is 4.74 Å². The van der Waals surface area contributed by atoms with Crippen molar-refractivity contribution in [3.05, 3.63) is 16.1 Å². The summed E-state index contributed by atoms with van der Waals surface area (Å²) in [5.74, 6) is 0.831. The molecule has 1 aliphatic heterocycles. The van der Waals surface area contributed by atoms with Gasteiger partial charge in [-0.15, -0.1) is 11.3 Å². The first-order valence-electron chi connectivity index (χ1n) is 7.19. The zero-order chi connectivity index (χ0) is 14.4. The van der Waals surface area contributed by atoms with Gasteiger partial charge in [-0.2, -0.15) is 0 Å². The van der Waals surface area contributed by atoms with Crippen LogP contribution in [-0.2, 0) is 11.3 Å². The number of guanidine groups is 1. The van der Waals surface area contributed by atoms with E-state index in [2.05, 4.69) is 41.4 Å². The summed E-state index contributed by atoms with van der Waals surface area (Å²) >= 11 is 1.69. The highest BCUT2D eigenvalue weighted by atomic mass is 32.1. The fourth-order valence-electron chi connectivity index (χ4n) is 2.21. The summed E-state index contributed by atoms with van der Waals surface area (Å²) < 4.78 is 5.78. The van der Waals surface area contributed by atoms with E-state index in [9.17, 15) is 0 Å². The standard InChI is InChI=1S/C14H24N4OS/c1-4-15-13(17-9-12-16-8-11(2)20-12)18-10-14(3)6-5-7-19-14/h8H,4-7,9-10H2,1-3H3,(H2,15,17,18). The number of nitrogens with zero attached hydrogens (tertiary/aromatic N) is 2. The van der Waals surface area contributed by atoms with Crippen LogP contribution in [0.15, 0.2) is 11.2 Å². The molecule has 1 unspecified atom stereocenters. The normalized spacial score (nSPS) is 23.1. The van der Waals surface area contributed by atoms with Gasteiger partial charge < -0.3 is 15.4 Å². The summed E-state index contributed by atoms with van der Waals surface area (Å²) in [6.07, 6.45) is 4.14. The molecule has 6 heteroatoms. The lowest BCUT2D eigenvalue weighted by molar-refractivity contribution is 0.0243. The van der Waals surface area contributed by atoms with Gasteiger partial charge in [0, 0.05) is 30.8 Å². The Balaban J connectivity index is 1.88. The highest BCUT2D eigenvalue weighted by Crippen LogP contribution is 2.23. The number of aliphatic imine (C=N–C) groups is 1. The van der Waals surface area contributed by atoms with Crippen molar-refractivity contribution in [1.82, 2.24) is 15.6 Å². The Morgan fingerprint density at radius 1 is 1.55 bits per heavy atom. The van der Waals surface area contributed by atoms with Gasteiger partial charge in [0.1, 0.15) is 5.01 Å². The van der Waals surface area contributed by atoms with Crippen molar-refractivity contribution in [1.29, 1.82) is 0 Å². The number of aryl methyl sites for hydroxylation is 1. The Bertz CT molecular complexity index is 452. The van der Waals surface area contributed by atoms with E-state index in [4.69, 9.17) is 4.74 Å². The van der Waals surface area contributed by atoms with E-state index in [1.54, 1.807) is 11.3 Å². The van der Waals surface area contributed by atoms with E-state index in [1.807, 2.05) is 6.20 Å². The smallest absolute Gasteiger partial charge is 0.191 e. The molecule has 1 aliphatic rings. The molecule has 1 aromatic rings. The molecular formula is C14H24N4OS. The Morgan fingerprint density at radius 2 is 2.40 bits per heavy atom. The average Bonchev–Trinajstić information content (AvgIpc) is 3.03. The van der Waals surface area contributed by atoms with Crippen LogP contribution in [0.25, 0.3) is 0 Å². The minimum Gasteiger partial charge on any atom is -0.373 e. The van der Waals surface area contributed by atoms with Crippen LogP contribution in [0.5, 0.6) is 0 Å². The predicted molar refractivity (Wildman–Crippen MR) is 83.3 cm³/mol. The van der Waals surface area contributed by atoms with Gasteiger partial charge in [-0.1, -0.05) is 0 Å². The molecule has 5 nitrogen and oxygen atoms in total. The maximum atomic E-state index is 5.78. The van der Waals surface area contributed by atoms with E-state index >= 15 is 0 Å². The van der Waals surface area contributed by atoms with Gasteiger partial charge in [0.2, 0.25) is 0 Å². The molecular weight excluding hydrogens is 272 g/mol. The number of thiazole rings is 1. The molecule has 1 fully saturated rings. The van der Waals surface area contributed by atoms with Crippen molar-refractivity contribution in [2.45, 2.75) is 45.8 Å². The third kappa shape index (κ3) is 4.45. The maximum absolute atomic E-state index is 5.78. The summed E-state index contributed by atoms with van der Waals surface area (Å²) in [4.78, 5) is 10.1. The molecule has 1 aromatic heterocycles. The topological polar surface area (TPSA) is 58.5 Å². The van der Waals surface area contributed by atoms with Crippen LogP contribution in [0.2, 0.25) is 0 Å². The van der Waals surface area contributed by atoms with Gasteiger partial charge in [0.15, 0.2) is 5.96 Å². The summed E-state index contributed by atoms with van der Waals surface area (Å²) in [6.45, 7) is 9.40. The number of ether oxygens (including phenoxy) is 1. The van der Waals surface area contributed by atoms with Crippen LogP contribution in [0.3, 0.4) is 0 Å². The molecule has 0 aliphatic carbocycles. The third-order valence-corrected chi connectivity index (χ3v) is 4.21. The van der Waals surface area contributed by atoms with Crippen LogP contribution in [0.1, 0.15) is 36.6 Å². The first-order valence-corrected chi connectivity index (χ1v) is 8.00. The number of aromatic nitrogens is 1. The van der Waals surface area contributed by atoms with Crippen LogP contribution in [0, 0.1) is 6.92 Å². The lowest BCUT2D eigenvalue weighted by Gasteiger charge is -2.24. The van der Waals surface area contributed by atoms with E-state index in [1.165, 1.54) is 4.88 Å². The van der Waals surface area contributed by atoms with E-state index in [0.717, 1.165) is 43.5 Å². The minimum atomic E-state index is -0.0615. The van der Waals surface area contributed by atoms with Gasteiger partial charge in [0.05, 0.1) is 12.1 Å². The molecule has 1 atom stereocenters. The summed E-state index contributed by atoms with van der Waals surface area (Å²) in [5.41, 5.74) is -0.0615. The first kappa shape index (κ1) is 15.3. The highest BCUT2D eigenvalue weighted by Gasteiger charge is 2.29. The molecule has 20 heavy (non-hydrogen) atoms. The molecule has 112 valence electrons. The molecule has 1 saturated heterocycles. The van der Waals surface area contributed by atoms with E-state index in [-0.39, 0.29) is 5.60 Å². The molecule has 2 N–H and O–H groups in total. The van der Waals surface area contributed by atoms with Gasteiger partial charge >= 0.3 is 0 Å². The Hall–Kier alpha value is -1.14. The number of rotatable bonds is 5. The first-order chi connectivity index (χ1) is 9.61. The van der Waals surface area contributed by atoms with Crippen molar-refractivity contribution in [2.75, 3.05) is 19.7 Å². The second kappa shape index (κ2) is 7.04. The maximum Gasteiger partial charge on any atom is 0.191 e. The van der Waals surface area contributed by atoms with Crippen LogP contribution < -0.4 is 10.6 Å². The second-order valence-corrected chi connectivity index (χ2v) is 6.63. The summed E-state index contributed by atoms with van der Waals surface area (Å²) in [5, 5.41) is 7.68. The minimum absolute atomic E-state index is 0.0615. The molecule has 0 radical (unpaired) electrons. The fraction of sp³-hybridized carbons (Fsp3) is 0.714. The van der Waals surface area contributed by atoms with Gasteiger partial charge in [-0.05, 0) is 33.6 Å². The van der Waals surface area contributed by atoms with Crippen molar-refractivity contribution in [3.63, 3.8) is 0 Å². The van der Waals surface area contributed by atoms with Crippen molar-refractivity contribution in [3.8, 4) is 0 Å². The van der Waals surface area contributed by atoms with Crippen LogP contribution in [0.4, 0.5) is 0 Å². The molecule has 2 heterocycles.